The predicted molar refractivity (Wildman–Crippen MR) is 153 cm³/mol. The van der Waals surface area contributed by atoms with Crippen LogP contribution >= 0.6 is 0 Å². The Labute approximate surface area is 250 Å². The predicted octanol–water partition coefficient (Wildman–Crippen LogP) is 4.76. The minimum Gasteiger partial charge on any atom is -0.462 e. The molecule has 42 heavy (non-hydrogen) atoms. The van der Waals surface area contributed by atoms with Gasteiger partial charge in [-0.3, -0.25) is 24.0 Å². The van der Waals surface area contributed by atoms with Crippen molar-refractivity contribution in [3.63, 3.8) is 0 Å². The van der Waals surface area contributed by atoms with Crippen molar-refractivity contribution in [1.29, 1.82) is 0 Å². The third-order valence-corrected chi connectivity index (χ3v) is 5.98. The number of rotatable bonds is 6. The standard InChI is InChI=1S/C31H52O11/c1-27(2,3)22(32)37-16-17-18(39-23(33)28(4,5)6)19(40-24(34)29(7,8)9)20(41-25(35)30(10,11)12)21(38-17)42-26(36)31(13,14)15/h17-21H,16H2,1-15H3/t17-,18-,19+,20-,21?/m1/s1. The van der Waals surface area contributed by atoms with Gasteiger partial charge in [0.15, 0.2) is 12.2 Å². The summed E-state index contributed by atoms with van der Waals surface area (Å²) in [6.45, 7) is 24.1. The fraction of sp³-hybridized carbons (Fsp3) is 0.839. The zero-order valence-electron chi connectivity index (χ0n) is 28.1. The van der Waals surface area contributed by atoms with E-state index in [-0.39, 0.29) is 0 Å². The van der Waals surface area contributed by atoms with E-state index in [2.05, 4.69) is 0 Å². The first-order valence-electron chi connectivity index (χ1n) is 14.2. The van der Waals surface area contributed by atoms with E-state index in [4.69, 9.17) is 28.4 Å². The lowest BCUT2D eigenvalue weighted by Crippen LogP contribution is -2.64. The van der Waals surface area contributed by atoms with Gasteiger partial charge in [-0.25, -0.2) is 0 Å². The molecule has 0 spiro atoms. The molecule has 0 bridgehead atoms. The Bertz CT molecular complexity index is 1010. The van der Waals surface area contributed by atoms with Crippen LogP contribution in [0.1, 0.15) is 104 Å². The third-order valence-electron chi connectivity index (χ3n) is 5.98. The van der Waals surface area contributed by atoms with Crippen molar-refractivity contribution in [2.45, 2.75) is 135 Å². The van der Waals surface area contributed by atoms with Crippen LogP contribution in [0.3, 0.4) is 0 Å². The normalized spacial score (nSPS) is 23.8. The first-order chi connectivity index (χ1) is 18.6. The molecule has 1 unspecified atom stereocenters. The van der Waals surface area contributed by atoms with E-state index in [1.807, 2.05) is 0 Å². The SMILES string of the molecule is CC(C)(C)C(=O)OC[C@H]1OC(OC(=O)C(C)(C)C)[C@H](OC(=O)C(C)(C)C)[C@@H](OC(=O)C(C)(C)C)[C@@H]1OC(=O)C(C)(C)C. The zero-order chi connectivity index (χ0) is 33.2. The number of hydrogen-bond donors (Lipinski definition) is 0. The van der Waals surface area contributed by atoms with Crippen LogP contribution in [0.2, 0.25) is 0 Å². The van der Waals surface area contributed by atoms with E-state index in [0.717, 1.165) is 0 Å². The summed E-state index contributed by atoms with van der Waals surface area (Å²) in [5.74, 6) is -3.34. The summed E-state index contributed by atoms with van der Waals surface area (Å²) < 4.78 is 34.9. The molecule has 242 valence electrons. The second-order valence-electron chi connectivity index (χ2n) is 15.9. The van der Waals surface area contributed by atoms with Crippen molar-refractivity contribution in [1.82, 2.24) is 0 Å². The van der Waals surface area contributed by atoms with Crippen molar-refractivity contribution in [2.75, 3.05) is 6.61 Å². The van der Waals surface area contributed by atoms with Crippen LogP contribution < -0.4 is 0 Å². The fourth-order valence-electron chi connectivity index (χ4n) is 3.07. The molecule has 1 heterocycles. The largest absolute Gasteiger partial charge is 0.462 e. The molecule has 11 nitrogen and oxygen atoms in total. The molecule has 0 saturated carbocycles. The molecule has 0 radical (unpaired) electrons. The maximum absolute atomic E-state index is 13.2. The molecule has 0 amide bonds. The van der Waals surface area contributed by atoms with Gasteiger partial charge in [0.25, 0.3) is 0 Å². The smallest absolute Gasteiger partial charge is 0.313 e. The summed E-state index contributed by atoms with van der Waals surface area (Å²) in [4.78, 5) is 65.3. The number of carbonyl (C=O) groups excluding carboxylic acids is 5. The lowest BCUT2D eigenvalue weighted by atomic mass is 9.92. The second kappa shape index (κ2) is 12.9. The first kappa shape index (κ1) is 37.3. The molecule has 0 aromatic heterocycles. The Morgan fingerprint density at radius 3 is 1.12 bits per heavy atom. The molecule has 0 aliphatic carbocycles. The van der Waals surface area contributed by atoms with E-state index < -0.39 is 94.2 Å². The van der Waals surface area contributed by atoms with E-state index in [1.165, 1.54) is 0 Å². The first-order valence-corrected chi connectivity index (χ1v) is 14.2. The van der Waals surface area contributed by atoms with Gasteiger partial charge >= 0.3 is 29.8 Å². The van der Waals surface area contributed by atoms with Crippen molar-refractivity contribution in [3.05, 3.63) is 0 Å². The van der Waals surface area contributed by atoms with Gasteiger partial charge in [0.1, 0.15) is 12.7 Å². The molecule has 0 aromatic carbocycles. The van der Waals surface area contributed by atoms with Crippen LogP contribution in [0.5, 0.6) is 0 Å². The zero-order valence-corrected chi connectivity index (χ0v) is 28.1. The average molecular weight is 601 g/mol. The van der Waals surface area contributed by atoms with Crippen LogP contribution in [-0.4, -0.2) is 67.2 Å². The van der Waals surface area contributed by atoms with Crippen LogP contribution in [0, 0.1) is 27.1 Å². The highest BCUT2D eigenvalue weighted by atomic mass is 16.7. The van der Waals surface area contributed by atoms with Crippen LogP contribution in [0.25, 0.3) is 0 Å². The van der Waals surface area contributed by atoms with Gasteiger partial charge in [-0.1, -0.05) is 0 Å². The van der Waals surface area contributed by atoms with E-state index in [1.54, 1.807) is 104 Å². The molecule has 1 aliphatic rings. The Morgan fingerprint density at radius 1 is 0.452 bits per heavy atom. The van der Waals surface area contributed by atoms with Crippen molar-refractivity contribution >= 4 is 29.8 Å². The fourth-order valence-corrected chi connectivity index (χ4v) is 3.07. The van der Waals surface area contributed by atoms with Gasteiger partial charge in [0, 0.05) is 0 Å². The minimum absolute atomic E-state index is 0.439. The summed E-state index contributed by atoms with van der Waals surface area (Å²) in [5, 5.41) is 0. The molecule has 0 N–H and O–H groups in total. The van der Waals surface area contributed by atoms with E-state index in [9.17, 15) is 24.0 Å². The van der Waals surface area contributed by atoms with Gasteiger partial charge < -0.3 is 28.4 Å². The van der Waals surface area contributed by atoms with Gasteiger partial charge in [-0.2, -0.15) is 0 Å². The molecular formula is C31H52O11. The molecule has 1 fully saturated rings. The Kier molecular flexibility index (Phi) is 11.5. The average Bonchev–Trinajstić information content (AvgIpc) is 2.77. The summed E-state index contributed by atoms with van der Waals surface area (Å²) in [6.07, 6.45) is -7.27. The summed E-state index contributed by atoms with van der Waals surface area (Å²) >= 11 is 0. The quantitative estimate of drug-likeness (QED) is 0.308. The summed E-state index contributed by atoms with van der Waals surface area (Å²) in [6, 6.07) is 0. The number of carbonyl (C=O) groups is 5. The highest BCUT2D eigenvalue weighted by molar-refractivity contribution is 5.78. The third kappa shape index (κ3) is 10.5. The van der Waals surface area contributed by atoms with Crippen molar-refractivity contribution in [3.8, 4) is 0 Å². The Balaban J connectivity index is 3.82. The van der Waals surface area contributed by atoms with Crippen LogP contribution in [0.15, 0.2) is 0 Å². The molecular weight excluding hydrogens is 548 g/mol. The van der Waals surface area contributed by atoms with Crippen molar-refractivity contribution < 1.29 is 52.4 Å². The topological polar surface area (TPSA) is 141 Å². The van der Waals surface area contributed by atoms with Crippen LogP contribution in [-0.2, 0) is 52.4 Å². The lowest BCUT2D eigenvalue weighted by Gasteiger charge is -2.45. The maximum atomic E-state index is 13.2. The Morgan fingerprint density at radius 2 is 0.762 bits per heavy atom. The highest BCUT2D eigenvalue weighted by Crippen LogP contribution is 2.35. The van der Waals surface area contributed by atoms with Gasteiger partial charge in [0.2, 0.25) is 12.4 Å². The van der Waals surface area contributed by atoms with Gasteiger partial charge in [0.05, 0.1) is 27.1 Å². The van der Waals surface area contributed by atoms with Crippen molar-refractivity contribution in [2.24, 2.45) is 27.1 Å². The van der Waals surface area contributed by atoms with E-state index in [0.29, 0.717) is 0 Å². The summed E-state index contributed by atoms with van der Waals surface area (Å²) in [7, 11) is 0. The second-order valence-corrected chi connectivity index (χ2v) is 15.9. The molecule has 1 rings (SSSR count). The van der Waals surface area contributed by atoms with Gasteiger partial charge in [-0.05, 0) is 104 Å². The maximum Gasteiger partial charge on any atom is 0.313 e. The molecule has 11 heteroatoms. The van der Waals surface area contributed by atoms with E-state index >= 15 is 0 Å². The molecule has 0 aromatic rings. The molecule has 5 atom stereocenters. The van der Waals surface area contributed by atoms with Crippen LogP contribution in [0.4, 0.5) is 0 Å². The summed E-state index contributed by atoms with van der Waals surface area (Å²) in [5.41, 5.74) is -4.86. The lowest BCUT2D eigenvalue weighted by molar-refractivity contribution is -0.306. The monoisotopic (exact) mass is 600 g/mol. The molecule has 1 saturated heterocycles. The highest BCUT2D eigenvalue weighted by Gasteiger charge is 2.56. The van der Waals surface area contributed by atoms with Gasteiger partial charge in [-0.15, -0.1) is 0 Å². The number of esters is 5. The minimum atomic E-state index is -1.59. The number of ether oxygens (including phenoxy) is 6. The number of hydrogen-bond acceptors (Lipinski definition) is 11. The Hall–Kier alpha value is -2.69. The molecule has 1 aliphatic heterocycles.